The highest BCUT2D eigenvalue weighted by molar-refractivity contribution is 7.84. The Balaban J connectivity index is 1.68. The van der Waals surface area contributed by atoms with E-state index in [-0.39, 0.29) is 5.75 Å². The van der Waals surface area contributed by atoms with Crippen LogP contribution in [-0.2, 0) is 16.8 Å². The summed E-state index contributed by atoms with van der Waals surface area (Å²) in [6.45, 7) is 1.10. The second kappa shape index (κ2) is 8.93. The van der Waals surface area contributed by atoms with Crippen LogP contribution in [0.5, 0.6) is 5.75 Å². The summed E-state index contributed by atoms with van der Waals surface area (Å²) in [5, 5.41) is 27.3. The fourth-order valence-electron chi connectivity index (χ4n) is 3.27. The van der Waals surface area contributed by atoms with Gasteiger partial charge in [0.15, 0.2) is 0 Å². The summed E-state index contributed by atoms with van der Waals surface area (Å²) < 4.78 is 28.6. The van der Waals surface area contributed by atoms with Crippen LogP contribution in [0.3, 0.4) is 0 Å². The molecule has 4 rings (SSSR count). The fraction of sp³-hybridized carbons (Fsp3) is 0.0952. The molecular formula is C21H19N7O3S. The lowest BCUT2D eigenvalue weighted by molar-refractivity contribution is 0.487. The maximum atomic E-state index is 11.1. The topological polar surface area (TPSA) is 139 Å². The molecule has 2 aromatic carbocycles. The molecule has 10 nitrogen and oxygen atoms in total. The number of allylic oxidation sites excluding steroid dienone is 2. The highest BCUT2D eigenvalue weighted by Crippen LogP contribution is 2.28. The third-order valence-corrected chi connectivity index (χ3v) is 5.13. The monoisotopic (exact) mass is 449 g/mol. The molecule has 1 aromatic heterocycles. The molecule has 0 spiro atoms. The van der Waals surface area contributed by atoms with Crippen LogP contribution in [-0.4, -0.2) is 29.8 Å². The van der Waals surface area contributed by atoms with Gasteiger partial charge in [-0.25, -0.2) is 4.68 Å². The molecule has 0 atom stereocenters. The van der Waals surface area contributed by atoms with Gasteiger partial charge in [-0.2, -0.15) is 18.8 Å². The SMILES string of the molecule is N#Cc1ccc(N(Cc2ccc(OS(N)(=O)=O)cc2)n2cnnc2)cc1C1=CCNC=C1. The van der Waals surface area contributed by atoms with E-state index in [1.54, 1.807) is 35.5 Å². The van der Waals surface area contributed by atoms with E-state index >= 15 is 0 Å². The van der Waals surface area contributed by atoms with Crippen molar-refractivity contribution < 1.29 is 12.6 Å². The molecule has 3 aromatic rings. The normalized spacial score (nSPS) is 13.1. The minimum absolute atomic E-state index is 0.123. The quantitative estimate of drug-likeness (QED) is 0.556. The van der Waals surface area contributed by atoms with Crippen LogP contribution in [0.15, 0.2) is 73.5 Å². The number of anilines is 1. The van der Waals surface area contributed by atoms with Gasteiger partial charge < -0.3 is 9.50 Å². The van der Waals surface area contributed by atoms with Gasteiger partial charge >= 0.3 is 10.3 Å². The van der Waals surface area contributed by atoms with Gasteiger partial charge in [-0.05, 0) is 53.7 Å². The first-order valence-corrected chi connectivity index (χ1v) is 11.0. The molecule has 0 amide bonds. The number of nitrogens with two attached hydrogens (primary N) is 1. The molecule has 0 radical (unpaired) electrons. The summed E-state index contributed by atoms with van der Waals surface area (Å²) in [5.41, 5.74) is 4.02. The molecule has 1 aliphatic heterocycles. The van der Waals surface area contributed by atoms with Crippen molar-refractivity contribution in [1.82, 2.24) is 20.2 Å². The van der Waals surface area contributed by atoms with Crippen LogP contribution in [0, 0.1) is 11.3 Å². The van der Waals surface area contributed by atoms with Crippen molar-refractivity contribution in [3.63, 3.8) is 0 Å². The van der Waals surface area contributed by atoms with Crippen molar-refractivity contribution >= 4 is 21.6 Å². The molecule has 0 fully saturated rings. The zero-order valence-electron chi connectivity index (χ0n) is 16.8. The number of benzene rings is 2. The van der Waals surface area contributed by atoms with E-state index in [1.165, 1.54) is 12.1 Å². The molecule has 0 saturated heterocycles. The molecule has 162 valence electrons. The van der Waals surface area contributed by atoms with Crippen LogP contribution in [0.4, 0.5) is 5.69 Å². The standard InChI is InChI=1S/C21H19N7O3S/c22-12-18-3-4-19(11-21(18)17-7-9-24-10-8-17)28(27-14-25-26-15-27)13-16-1-5-20(6-2-16)31-32(23,29)30/h1-9,11,14-15,24H,10,13H2,(H2,23,29,30). The van der Waals surface area contributed by atoms with Crippen molar-refractivity contribution in [3.8, 4) is 11.8 Å². The molecule has 2 heterocycles. The van der Waals surface area contributed by atoms with E-state index in [0.717, 1.165) is 22.4 Å². The molecule has 0 saturated carbocycles. The van der Waals surface area contributed by atoms with Crippen molar-refractivity contribution in [1.29, 1.82) is 5.26 Å². The van der Waals surface area contributed by atoms with Gasteiger partial charge in [0.1, 0.15) is 18.4 Å². The van der Waals surface area contributed by atoms with Gasteiger partial charge in [-0.1, -0.05) is 18.2 Å². The van der Waals surface area contributed by atoms with Gasteiger partial charge in [0.25, 0.3) is 0 Å². The first-order valence-electron chi connectivity index (χ1n) is 9.51. The third-order valence-electron chi connectivity index (χ3n) is 4.71. The van der Waals surface area contributed by atoms with Crippen molar-refractivity contribution in [3.05, 3.63) is 90.2 Å². The van der Waals surface area contributed by atoms with Crippen LogP contribution in [0.2, 0.25) is 0 Å². The van der Waals surface area contributed by atoms with Crippen LogP contribution < -0.4 is 19.6 Å². The van der Waals surface area contributed by atoms with Crippen LogP contribution >= 0.6 is 0 Å². The summed E-state index contributed by atoms with van der Waals surface area (Å²) in [6, 6.07) is 14.4. The molecule has 0 bridgehead atoms. The Hall–Kier alpha value is -4.14. The van der Waals surface area contributed by atoms with E-state index < -0.39 is 10.3 Å². The Bertz CT molecular complexity index is 1310. The molecule has 0 aliphatic carbocycles. The van der Waals surface area contributed by atoms with Gasteiger partial charge in [-0.15, -0.1) is 10.2 Å². The lowest BCUT2D eigenvalue weighted by atomic mass is 9.98. The Morgan fingerprint density at radius 2 is 1.94 bits per heavy atom. The molecular weight excluding hydrogens is 430 g/mol. The first kappa shape index (κ1) is 21.1. The fourth-order valence-corrected chi connectivity index (χ4v) is 3.65. The molecule has 32 heavy (non-hydrogen) atoms. The highest BCUT2D eigenvalue weighted by atomic mass is 32.2. The van der Waals surface area contributed by atoms with Crippen LogP contribution in [0.25, 0.3) is 5.57 Å². The number of hydrogen-bond acceptors (Lipinski definition) is 8. The Labute approximate surface area is 185 Å². The summed E-state index contributed by atoms with van der Waals surface area (Å²) in [6.07, 6.45) is 8.94. The van der Waals surface area contributed by atoms with Crippen molar-refractivity contribution in [2.75, 3.05) is 11.6 Å². The Morgan fingerprint density at radius 1 is 1.19 bits per heavy atom. The van der Waals surface area contributed by atoms with E-state index in [0.29, 0.717) is 18.7 Å². The number of nitrogens with zero attached hydrogens (tertiary/aromatic N) is 5. The van der Waals surface area contributed by atoms with Crippen LogP contribution in [0.1, 0.15) is 16.7 Å². The minimum atomic E-state index is -4.09. The van der Waals surface area contributed by atoms with E-state index in [2.05, 4.69) is 25.8 Å². The predicted octanol–water partition coefficient (Wildman–Crippen LogP) is 1.70. The second-order valence-electron chi connectivity index (χ2n) is 6.86. The summed E-state index contributed by atoms with van der Waals surface area (Å²) in [4.78, 5) is 0. The number of nitriles is 1. The number of hydrogen-bond donors (Lipinski definition) is 2. The van der Waals surface area contributed by atoms with E-state index in [9.17, 15) is 13.7 Å². The predicted molar refractivity (Wildman–Crippen MR) is 118 cm³/mol. The average Bonchev–Trinajstić information content (AvgIpc) is 3.32. The highest BCUT2D eigenvalue weighted by Gasteiger charge is 2.15. The minimum Gasteiger partial charge on any atom is -0.387 e. The zero-order chi connectivity index (χ0) is 22.6. The smallest absolute Gasteiger partial charge is 0.380 e. The van der Waals surface area contributed by atoms with Crippen molar-refractivity contribution in [2.24, 2.45) is 5.14 Å². The lowest BCUT2D eigenvalue weighted by Gasteiger charge is -2.26. The lowest BCUT2D eigenvalue weighted by Crippen LogP contribution is -2.28. The number of aromatic nitrogens is 3. The number of rotatable bonds is 7. The second-order valence-corrected chi connectivity index (χ2v) is 8.01. The Morgan fingerprint density at radius 3 is 2.56 bits per heavy atom. The van der Waals surface area contributed by atoms with E-state index in [4.69, 9.17) is 5.14 Å². The first-order chi connectivity index (χ1) is 15.4. The molecule has 11 heteroatoms. The maximum Gasteiger partial charge on any atom is 0.380 e. The number of nitrogens with one attached hydrogen (secondary N) is 1. The van der Waals surface area contributed by atoms with Crippen molar-refractivity contribution in [2.45, 2.75) is 6.54 Å². The van der Waals surface area contributed by atoms with Gasteiger partial charge in [0, 0.05) is 12.1 Å². The molecule has 3 N–H and O–H groups in total. The zero-order valence-corrected chi connectivity index (χ0v) is 17.6. The molecule has 0 unspecified atom stereocenters. The summed E-state index contributed by atoms with van der Waals surface area (Å²) in [7, 11) is -4.09. The Kier molecular flexibility index (Phi) is 5.89. The number of dihydropyridines is 1. The summed E-state index contributed by atoms with van der Waals surface area (Å²) in [5.74, 6) is 0.123. The largest absolute Gasteiger partial charge is 0.387 e. The average molecular weight is 449 g/mol. The summed E-state index contributed by atoms with van der Waals surface area (Å²) >= 11 is 0. The van der Waals surface area contributed by atoms with Gasteiger partial charge in [0.05, 0.1) is 23.9 Å². The third kappa shape index (κ3) is 4.94. The van der Waals surface area contributed by atoms with Gasteiger partial charge in [-0.3, -0.25) is 5.01 Å². The van der Waals surface area contributed by atoms with E-state index in [1.807, 2.05) is 35.5 Å². The maximum absolute atomic E-state index is 11.1. The molecule has 1 aliphatic rings. The van der Waals surface area contributed by atoms with Gasteiger partial charge in [0.2, 0.25) is 0 Å².